The van der Waals surface area contributed by atoms with Crippen LogP contribution in [0.1, 0.15) is 0 Å². The molecule has 1 aromatic carbocycles. The zero-order chi connectivity index (χ0) is 10.6. The van der Waals surface area contributed by atoms with Crippen LogP contribution in [-0.2, 0) is 0 Å². The SMILES string of the molecule is OP(Br)Oc1ccccc1OP(O)Br. The lowest BCUT2D eigenvalue weighted by atomic mass is 10.3. The first-order valence-corrected chi connectivity index (χ1v) is 9.80. The molecule has 0 saturated carbocycles. The molecule has 0 aliphatic carbocycles. The van der Waals surface area contributed by atoms with E-state index in [1.165, 1.54) is 0 Å². The van der Waals surface area contributed by atoms with Gasteiger partial charge in [-0.05, 0) is 12.1 Å². The Hall–Kier alpha value is 0.560. The van der Waals surface area contributed by atoms with Crippen molar-refractivity contribution in [2.45, 2.75) is 0 Å². The maximum atomic E-state index is 9.00. The first-order valence-electron chi connectivity index (χ1n) is 3.34. The van der Waals surface area contributed by atoms with Crippen LogP contribution in [0, 0.1) is 0 Å². The standard InChI is InChI=1S/C6H6Br2O4P2/c7-13(9)11-5-3-1-2-4-6(5)12-14(8)10/h1-4,9-10H. The molecule has 0 heterocycles. The molecule has 2 atom stereocenters. The molecule has 0 amide bonds. The highest BCUT2D eigenvalue weighted by atomic mass is 79.9. The summed E-state index contributed by atoms with van der Waals surface area (Å²) in [6.45, 7) is 0. The first-order chi connectivity index (χ1) is 6.59. The van der Waals surface area contributed by atoms with Gasteiger partial charge in [-0.25, -0.2) is 0 Å². The first kappa shape index (κ1) is 12.6. The number of benzene rings is 1. The molecule has 0 aromatic heterocycles. The van der Waals surface area contributed by atoms with Crippen molar-refractivity contribution >= 4 is 45.1 Å². The van der Waals surface area contributed by atoms with Gasteiger partial charge in [0.25, 0.3) is 0 Å². The molecule has 14 heavy (non-hydrogen) atoms. The second kappa shape index (κ2) is 6.21. The monoisotopic (exact) mass is 362 g/mol. The van der Waals surface area contributed by atoms with Gasteiger partial charge < -0.3 is 18.8 Å². The van der Waals surface area contributed by atoms with E-state index >= 15 is 0 Å². The van der Waals surface area contributed by atoms with Gasteiger partial charge >= 0.3 is 14.2 Å². The average molecular weight is 364 g/mol. The Balaban J connectivity index is 2.80. The van der Waals surface area contributed by atoms with Crippen LogP contribution in [0.4, 0.5) is 0 Å². The topological polar surface area (TPSA) is 58.9 Å². The summed E-state index contributed by atoms with van der Waals surface area (Å²) in [5.74, 6) is 0.748. The quantitative estimate of drug-likeness (QED) is 0.801. The highest BCUT2D eigenvalue weighted by Crippen LogP contribution is 2.48. The molecular weight excluding hydrogens is 358 g/mol. The van der Waals surface area contributed by atoms with E-state index in [0.29, 0.717) is 11.5 Å². The predicted molar refractivity (Wildman–Crippen MR) is 63.8 cm³/mol. The summed E-state index contributed by atoms with van der Waals surface area (Å²) in [5, 5.41) is 0. The van der Waals surface area contributed by atoms with Crippen molar-refractivity contribution in [3.63, 3.8) is 0 Å². The molecule has 2 N–H and O–H groups in total. The van der Waals surface area contributed by atoms with Crippen LogP contribution in [0.3, 0.4) is 0 Å². The fourth-order valence-electron chi connectivity index (χ4n) is 0.763. The lowest BCUT2D eigenvalue weighted by molar-refractivity contribution is 0.467. The number of hydrogen-bond acceptors (Lipinski definition) is 4. The average Bonchev–Trinajstić information content (AvgIpc) is 2.06. The summed E-state index contributed by atoms with van der Waals surface area (Å²) >= 11 is 5.77. The summed E-state index contributed by atoms with van der Waals surface area (Å²) in [4.78, 5) is 18.0. The summed E-state index contributed by atoms with van der Waals surface area (Å²) in [5.41, 5.74) is 0. The summed E-state index contributed by atoms with van der Waals surface area (Å²) in [6, 6.07) is 6.74. The summed E-state index contributed by atoms with van der Waals surface area (Å²) in [6.07, 6.45) is 0. The predicted octanol–water partition coefficient (Wildman–Crippen LogP) is 3.67. The maximum Gasteiger partial charge on any atom is 0.304 e. The fraction of sp³-hybridized carbons (Fsp3) is 0. The summed E-state index contributed by atoms with van der Waals surface area (Å²) in [7, 11) is -3.35. The Labute approximate surface area is 99.6 Å². The zero-order valence-electron chi connectivity index (χ0n) is 6.67. The molecule has 0 bridgehead atoms. The van der Waals surface area contributed by atoms with Crippen LogP contribution in [0.25, 0.3) is 0 Å². The Bertz CT molecular complexity index is 268. The van der Waals surface area contributed by atoms with Crippen LogP contribution in [-0.4, -0.2) is 9.79 Å². The van der Waals surface area contributed by atoms with E-state index in [4.69, 9.17) is 18.8 Å². The molecule has 78 valence electrons. The van der Waals surface area contributed by atoms with E-state index in [1.807, 2.05) is 0 Å². The molecule has 0 fully saturated rings. The Morgan fingerprint density at radius 2 is 1.29 bits per heavy atom. The zero-order valence-corrected chi connectivity index (χ0v) is 11.6. The van der Waals surface area contributed by atoms with Gasteiger partial charge in [0.05, 0.1) is 0 Å². The normalized spacial score (nSPS) is 14.6. The number of para-hydroxylation sites is 2. The van der Waals surface area contributed by atoms with Crippen molar-refractivity contribution in [2.75, 3.05) is 0 Å². The molecule has 2 unspecified atom stereocenters. The third-order valence-electron chi connectivity index (χ3n) is 1.20. The third-order valence-corrected chi connectivity index (χ3v) is 2.76. The van der Waals surface area contributed by atoms with Crippen LogP contribution >= 0.6 is 45.1 Å². The number of hydrogen-bond donors (Lipinski definition) is 2. The molecule has 0 spiro atoms. The molecule has 8 heteroatoms. The fourth-order valence-corrected chi connectivity index (χ4v) is 2.33. The minimum absolute atomic E-state index is 0.374. The van der Waals surface area contributed by atoms with Crippen molar-refractivity contribution < 1.29 is 18.8 Å². The van der Waals surface area contributed by atoms with E-state index in [0.717, 1.165) is 0 Å². The second-order valence-electron chi connectivity index (χ2n) is 2.08. The molecule has 1 aromatic rings. The van der Waals surface area contributed by atoms with Gasteiger partial charge in [-0.3, -0.25) is 0 Å². The van der Waals surface area contributed by atoms with Crippen LogP contribution < -0.4 is 9.05 Å². The smallest absolute Gasteiger partial charge is 0.304 e. The molecule has 0 saturated heterocycles. The van der Waals surface area contributed by atoms with Gasteiger partial charge in [0, 0.05) is 31.0 Å². The lowest BCUT2D eigenvalue weighted by Crippen LogP contribution is -1.87. The lowest BCUT2D eigenvalue weighted by Gasteiger charge is -2.11. The van der Waals surface area contributed by atoms with E-state index in [9.17, 15) is 0 Å². The van der Waals surface area contributed by atoms with Crippen molar-refractivity contribution in [3.8, 4) is 11.5 Å². The number of rotatable bonds is 4. The number of halogens is 2. The Morgan fingerprint density at radius 3 is 1.57 bits per heavy atom. The summed E-state index contributed by atoms with van der Waals surface area (Å²) < 4.78 is 10.1. The van der Waals surface area contributed by atoms with Crippen LogP contribution in [0.5, 0.6) is 11.5 Å². The Morgan fingerprint density at radius 1 is 0.929 bits per heavy atom. The maximum absolute atomic E-state index is 9.00. The molecule has 0 aliphatic heterocycles. The Kier molecular flexibility index (Phi) is 5.60. The van der Waals surface area contributed by atoms with Crippen molar-refractivity contribution in [3.05, 3.63) is 24.3 Å². The highest BCUT2D eigenvalue weighted by Gasteiger charge is 2.11. The molecule has 0 radical (unpaired) electrons. The van der Waals surface area contributed by atoms with Crippen LogP contribution in [0.2, 0.25) is 0 Å². The van der Waals surface area contributed by atoms with Crippen molar-refractivity contribution in [1.29, 1.82) is 0 Å². The highest BCUT2D eigenvalue weighted by molar-refractivity contribution is 9.38. The van der Waals surface area contributed by atoms with Gasteiger partial charge in [-0.1, -0.05) is 12.1 Å². The van der Waals surface area contributed by atoms with E-state index in [2.05, 4.69) is 31.0 Å². The van der Waals surface area contributed by atoms with Gasteiger partial charge in [0.1, 0.15) is 0 Å². The van der Waals surface area contributed by atoms with Crippen molar-refractivity contribution in [1.82, 2.24) is 0 Å². The van der Waals surface area contributed by atoms with Crippen LogP contribution in [0.15, 0.2) is 24.3 Å². The van der Waals surface area contributed by atoms with Gasteiger partial charge in [0.2, 0.25) is 0 Å². The van der Waals surface area contributed by atoms with Gasteiger partial charge in [-0.2, -0.15) is 0 Å². The van der Waals surface area contributed by atoms with E-state index < -0.39 is 14.2 Å². The van der Waals surface area contributed by atoms with Gasteiger partial charge in [0.15, 0.2) is 11.5 Å². The third kappa shape index (κ3) is 4.39. The minimum atomic E-state index is -1.68. The molecular formula is C6H6Br2O4P2. The largest absolute Gasteiger partial charge is 0.435 e. The second-order valence-corrected chi connectivity index (χ2v) is 6.99. The van der Waals surface area contributed by atoms with E-state index in [1.54, 1.807) is 24.3 Å². The molecule has 1 rings (SSSR count). The van der Waals surface area contributed by atoms with Crippen molar-refractivity contribution in [2.24, 2.45) is 0 Å². The van der Waals surface area contributed by atoms with Gasteiger partial charge in [-0.15, -0.1) is 0 Å². The van der Waals surface area contributed by atoms with E-state index in [-0.39, 0.29) is 0 Å². The molecule has 0 aliphatic rings. The molecule has 4 nitrogen and oxygen atoms in total. The minimum Gasteiger partial charge on any atom is -0.435 e.